The molecule has 1 saturated heterocycles. The number of hydrogen-bond donors (Lipinski definition) is 1. The molecule has 1 fully saturated rings. The second-order valence-electron chi connectivity index (χ2n) is 5.37. The first-order valence-corrected chi connectivity index (χ1v) is 7.06. The van der Waals surface area contributed by atoms with Gasteiger partial charge >= 0.3 is 0 Å². The third kappa shape index (κ3) is 4.11. The minimum atomic E-state index is 0.652. The first-order valence-electron chi connectivity index (χ1n) is 7.06. The SMILES string of the molecule is CC1CN(CCCOc2ccccc2N)CCN1C. The fourth-order valence-electron chi connectivity index (χ4n) is 2.41. The highest BCUT2D eigenvalue weighted by Gasteiger charge is 2.19. The standard InChI is InChI=1S/C15H25N3O/c1-13-12-18(10-9-17(13)2)8-5-11-19-15-7-4-3-6-14(15)16/h3-4,6-7,13H,5,8-12,16H2,1-2H3. The molecule has 2 N–H and O–H groups in total. The molecule has 1 aliphatic heterocycles. The van der Waals surface area contributed by atoms with Crippen molar-refractivity contribution in [3.63, 3.8) is 0 Å². The maximum atomic E-state index is 5.84. The van der Waals surface area contributed by atoms with Crippen LogP contribution in [0.2, 0.25) is 0 Å². The maximum absolute atomic E-state index is 5.84. The van der Waals surface area contributed by atoms with Crippen LogP contribution in [-0.2, 0) is 0 Å². The Kier molecular flexibility index (Phi) is 5.05. The number of anilines is 1. The predicted octanol–water partition coefficient (Wildman–Crippen LogP) is 1.67. The van der Waals surface area contributed by atoms with Crippen LogP contribution in [0.15, 0.2) is 24.3 Å². The summed E-state index contributed by atoms with van der Waals surface area (Å²) in [4.78, 5) is 4.93. The minimum Gasteiger partial charge on any atom is -0.491 e. The first kappa shape index (κ1) is 14.2. The molecule has 0 amide bonds. The Morgan fingerprint density at radius 1 is 1.32 bits per heavy atom. The van der Waals surface area contributed by atoms with Gasteiger partial charge in [0.2, 0.25) is 0 Å². The number of hydrogen-bond acceptors (Lipinski definition) is 4. The Hall–Kier alpha value is -1.26. The number of nitrogen functional groups attached to an aromatic ring is 1. The summed E-state index contributed by atoms with van der Waals surface area (Å²) in [6.07, 6.45) is 1.05. The van der Waals surface area contributed by atoms with Gasteiger partial charge in [-0.15, -0.1) is 0 Å². The van der Waals surface area contributed by atoms with E-state index >= 15 is 0 Å². The number of rotatable bonds is 5. The molecule has 0 aromatic heterocycles. The molecule has 1 unspecified atom stereocenters. The second kappa shape index (κ2) is 6.78. The van der Waals surface area contributed by atoms with Crippen molar-refractivity contribution in [3.8, 4) is 5.75 Å². The molecular formula is C15H25N3O. The monoisotopic (exact) mass is 263 g/mol. The molecule has 1 aromatic carbocycles. The van der Waals surface area contributed by atoms with E-state index in [-0.39, 0.29) is 0 Å². The number of ether oxygens (including phenoxy) is 1. The molecule has 0 spiro atoms. The zero-order valence-electron chi connectivity index (χ0n) is 12.0. The highest BCUT2D eigenvalue weighted by molar-refractivity contribution is 5.51. The molecule has 4 nitrogen and oxygen atoms in total. The highest BCUT2D eigenvalue weighted by Crippen LogP contribution is 2.19. The van der Waals surface area contributed by atoms with Crippen LogP contribution in [0.25, 0.3) is 0 Å². The second-order valence-corrected chi connectivity index (χ2v) is 5.37. The van der Waals surface area contributed by atoms with Crippen LogP contribution in [-0.4, -0.2) is 55.7 Å². The van der Waals surface area contributed by atoms with Crippen molar-refractivity contribution in [1.82, 2.24) is 9.80 Å². The first-order chi connectivity index (χ1) is 9.16. The van der Waals surface area contributed by atoms with Crippen molar-refractivity contribution >= 4 is 5.69 Å². The number of nitrogens with two attached hydrogens (primary N) is 1. The van der Waals surface area contributed by atoms with E-state index in [9.17, 15) is 0 Å². The predicted molar refractivity (Wildman–Crippen MR) is 79.5 cm³/mol. The van der Waals surface area contributed by atoms with E-state index in [4.69, 9.17) is 10.5 Å². The van der Waals surface area contributed by atoms with E-state index in [1.807, 2.05) is 24.3 Å². The van der Waals surface area contributed by atoms with Crippen LogP contribution in [0, 0.1) is 0 Å². The van der Waals surface area contributed by atoms with Gasteiger partial charge in [0, 0.05) is 32.2 Å². The van der Waals surface area contributed by atoms with Gasteiger partial charge in [-0.05, 0) is 32.5 Å². The summed E-state index contributed by atoms with van der Waals surface area (Å²) in [5.41, 5.74) is 6.56. The minimum absolute atomic E-state index is 0.652. The van der Waals surface area contributed by atoms with E-state index < -0.39 is 0 Å². The fraction of sp³-hybridized carbons (Fsp3) is 0.600. The molecule has 1 aromatic rings. The number of para-hydroxylation sites is 2. The molecule has 106 valence electrons. The van der Waals surface area contributed by atoms with Crippen LogP contribution >= 0.6 is 0 Å². The summed E-state index contributed by atoms with van der Waals surface area (Å²) in [5, 5.41) is 0. The van der Waals surface area contributed by atoms with Crippen molar-refractivity contribution in [2.45, 2.75) is 19.4 Å². The summed E-state index contributed by atoms with van der Waals surface area (Å²) in [6.45, 7) is 7.60. The molecule has 0 radical (unpaired) electrons. The van der Waals surface area contributed by atoms with Gasteiger partial charge in [0.05, 0.1) is 12.3 Å². The molecule has 2 rings (SSSR count). The number of nitrogens with zero attached hydrogens (tertiary/aromatic N) is 2. The van der Waals surface area contributed by atoms with Gasteiger partial charge in [0.1, 0.15) is 5.75 Å². The van der Waals surface area contributed by atoms with Gasteiger partial charge in [-0.1, -0.05) is 12.1 Å². The Labute approximate surface area is 116 Å². The van der Waals surface area contributed by atoms with E-state index in [0.717, 1.165) is 50.6 Å². The Bertz CT molecular complexity index is 397. The highest BCUT2D eigenvalue weighted by atomic mass is 16.5. The summed E-state index contributed by atoms with van der Waals surface area (Å²) in [5.74, 6) is 0.800. The molecule has 19 heavy (non-hydrogen) atoms. The van der Waals surface area contributed by atoms with E-state index in [1.165, 1.54) is 0 Å². The molecular weight excluding hydrogens is 238 g/mol. The summed E-state index contributed by atoms with van der Waals surface area (Å²) < 4.78 is 5.71. The zero-order valence-corrected chi connectivity index (χ0v) is 12.0. The van der Waals surface area contributed by atoms with Crippen molar-refractivity contribution in [3.05, 3.63) is 24.3 Å². The summed E-state index contributed by atoms with van der Waals surface area (Å²) in [6, 6.07) is 8.33. The Morgan fingerprint density at radius 2 is 2.11 bits per heavy atom. The average molecular weight is 263 g/mol. The zero-order chi connectivity index (χ0) is 13.7. The lowest BCUT2D eigenvalue weighted by Crippen LogP contribution is -2.50. The maximum Gasteiger partial charge on any atom is 0.142 e. The molecule has 1 heterocycles. The smallest absolute Gasteiger partial charge is 0.142 e. The van der Waals surface area contributed by atoms with Gasteiger partial charge in [0.25, 0.3) is 0 Å². The quantitative estimate of drug-likeness (QED) is 0.648. The number of likely N-dealkylation sites (N-methyl/N-ethyl adjacent to an activating group) is 1. The van der Waals surface area contributed by atoms with Crippen LogP contribution in [0.4, 0.5) is 5.69 Å². The van der Waals surface area contributed by atoms with Crippen LogP contribution in [0.5, 0.6) is 5.75 Å². The van der Waals surface area contributed by atoms with Crippen LogP contribution < -0.4 is 10.5 Å². The fourth-order valence-corrected chi connectivity index (χ4v) is 2.41. The van der Waals surface area contributed by atoms with Crippen molar-refractivity contribution in [1.29, 1.82) is 0 Å². The summed E-state index contributed by atoms with van der Waals surface area (Å²) >= 11 is 0. The van der Waals surface area contributed by atoms with E-state index in [2.05, 4.69) is 23.8 Å². The van der Waals surface area contributed by atoms with Gasteiger partial charge in [-0.2, -0.15) is 0 Å². The number of piperazine rings is 1. The normalized spacial score (nSPS) is 21.5. The third-order valence-corrected chi connectivity index (χ3v) is 3.84. The Morgan fingerprint density at radius 3 is 2.84 bits per heavy atom. The van der Waals surface area contributed by atoms with Gasteiger partial charge in [0.15, 0.2) is 0 Å². The lowest BCUT2D eigenvalue weighted by molar-refractivity contribution is 0.100. The molecule has 0 bridgehead atoms. The van der Waals surface area contributed by atoms with Gasteiger partial charge in [-0.3, -0.25) is 0 Å². The molecule has 0 saturated carbocycles. The van der Waals surface area contributed by atoms with Gasteiger partial charge in [-0.25, -0.2) is 0 Å². The summed E-state index contributed by atoms with van der Waals surface area (Å²) in [7, 11) is 2.20. The topological polar surface area (TPSA) is 41.7 Å². The van der Waals surface area contributed by atoms with Crippen molar-refractivity contribution < 1.29 is 4.74 Å². The Balaban J connectivity index is 1.66. The molecule has 1 aliphatic rings. The van der Waals surface area contributed by atoms with Crippen LogP contribution in [0.3, 0.4) is 0 Å². The lowest BCUT2D eigenvalue weighted by Gasteiger charge is -2.37. The van der Waals surface area contributed by atoms with Gasteiger partial charge < -0.3 is 20.3 Å². The van der Waals surface area contributed by atoms with Crippen molar-refractivity contribution in [2.75, 3.05) is 45.6 Å². The lowest BCUT2D eigenvalue weighted by atomic mass is 10.2. The van der Waals surface area contributed by atoms with E-state index in [1.54, 1.807) is 0 Å². The average Bonchev–Trinajstić information content (AvgIpc) is 2.40. The largest absolute Gasteiger partial charge is 0.491 e. The molecule has 4 heteroatoms. The molecule has 1 atom stereocenters. The third-order valence-electron chi connectivity index (χ3n) is 3.84. The molecule has 0 aliphatic carbocycles. The van der Waals surface area contributed by atoms with E-state index in [0.29, 0.717) is 6.04 Å². The van der Waals surface area contributed by atoms with Crippen LogP contribution in [0.1, 0.15) is 13.3 Å². The van der Waals surface area contributed by atoms with Crippen molar-refractivity contribution in [2.24, 2.45) is 0 Å². The number of benzene rings is 1.